The van der Waals surface area contributed by atoms with Gasteiger partial charge in [-0.25, -0.2) is 13.1 Å². The van der Waals surface area contributed by atoms with Gasteiger partial charge < -0.3 is 5.73 Å². The van der Waals surface area contributed by atoms with E-state index in [0.29, 0.717) is 11.4 Å². The minimum atomic E-state index is -3.62. The third kappa shape index (κ3) is 3.12. The summed E-state index contributed by atoms with van der Waals surface area (Å²) in [6.07, 6.45) is 1.53. The fourth-order valence-electron chi connectivity index (χ4n) is 1.69. The predicted octanol–water partition coefficient (Wildman–Crippen LogP) is 1.15. The van der Waals surface area contributed by atoms with Crippen molar-refractivity contribution in [1.82, 2.24) is 14.9 Å². The normalized spacial score (nSPS) is 11.5. The Hall–Kier alpha value is -1.99. The zero-order valence-corrected chi connectivity index (χ0v) is 12.1. The smallest absolute Gasteiger partial charge is 0.241 e. The summed E-state index contributed by atoms with van der Waals surface area (Å²) in [6.45, 7) is 3.77. The number of aryl methyl sites for hydroxylation is 1. The number of hydrogen-bond acceptors (Lipinski definition) is 5. The van der Waals surface area contributed by atoms with E-state index in [1.165, 1.54) is 12.3 Å². The van der Waals surface area contributed by atoms with E-state index in [1.807, 2.05) is 13.8 Å². The first-order valence-electron chi connectivity index (χ1n) is 6.03. The molecular weight excluding hydrogens is 276 g/mol. The summed E-state index contributed by atoms with van der Waals surface area (Å²) in [7, 11) is -3.62. The molecule has 0 bridgehead atoms. The van der Waals surface area contributed by atoms with Gasteiger partial charge in [-0.05, 0) is 49.2 Å². The lowest BCUT2D eigenvalue weighted by Crippen LogP contribution is -2.24. The Kier molecular flexibility index (Phi) is 4.01. The van der Waals surface area contributed by atoms with Crippen molar-refractivity contribution in [1.29, 1.82) is 0 Å². The van der Waals surface area contributed by atoms with Crippen molar-refractivity contribution in [3.63, 3.8) is 0 Å². The summed E-state index contributed by atoms with van der Waals surface area (Å²) in [6, 6.07) is 6.46. The number of nitrogens with one attached hydrogen (secondary N) is 1. The molecule has 0 aliphatic heterocycles. The van der Waals surface area contributed by atoms with Gasteiger partial charge in [0.05, 0.1) is 17.1 Å². The van der Waals surface area contributed by atoms with Gasteiger partial charge in [-0.15, -0.1) is 0 Å². The summed E-state index contributed by atoms with van der Waals surface area (Å²) in [5, 5.41) is 7.52. The number of aromatic nitrogens is 2. The molecule has 1 aromatic carbocycles. The summed E-state index contributed by atoms with van der Waals surface area (Å²) < 4.78 is 26.9. The monoisotopic (exact) mass is 292 g/mol. The van der Waals surface area contributed by atoms with Gasteiger partial charge in [0.1, 0.15) is 0 Å². The van der Waals surface area contributed by atoms with E-state index in [-0.39, 0.29) is 11.4 Å². The van der Waals surface area contributed by atoms with Crippen LogP contribution < -0.4 is 10.5 Å². The number of anilines is 1. The molecule has 1 aromatic heterocycles. The molecule has 20 heavy (non-hydrogen) atoms. The van der Waals surface area contributed by atoms with E-state index in [2.05, 4.69) is 14.9 Å². The van der Waals surface area contributed by atoms with Crippen LogP contribution in [0.15, 0.2) is 35.4 Å². The van der Waals surface area contributed by atoms with Crippen LogP contribution in [0, 0.1) is 13.8 Å². The molecule has 0 saturated heterocycles. The van der Waals surface area contributed by atoms with E-state index in [1.54, 1.807) is 18.2 Å². The van der Waals surface area contributed by atoms with Crippen LogP contribution in [0.5, 0.6) is 0 Å². The van der Waals surface area contributed by atoms with Crippen molar-refractivity contribution < 1.29 is 8.42 Å². The van der Waals surface area contributed by atoms with Crippen LogP contribution in [0.1, 0.15) is 16.8 Å². The van der Waals surface area contributed by atoms with Gasteiger partial charge in [-0.3, -0.25) is 0 Å². The van der Waals surface area contributed by atoms with Crippen molar-refractivity contribution in [2.45, 2.75) is 25.3 Å². The first-order valence-corrected chi connectivity index (χ1v) is 7.51. The molecule has 6 nitrogen and oxygen atoms in total. The number of rotatable bonds is 4. The maximum Gasteiger partial charge on any atom is 0.241 e. The summed E-state index contributed by atoms with van der Waals surface area (Å²) in [4.78, 5) is 0.155. The Morgan fingerprint density at radius 1 is 1.30 bits per heavy atom. The molecule has 0 fully saturated rings. The first-order chi connectivity index (χ1) is 9.40. The number of benzene rings is 1. The van der Waals surface area contributed by atoms with Crippen LogP contribution in [0.4, 0.5) is 5.69 Å². The average molecular weight is 292 g/mol. The number of nitrogens with zero attached hydrogens (tertiary/aromatic N) is 2. The molecule has 106 valence electrons. The second-order valence-electron chi connectivity index (χ2n) is 4.49. The van der Waals surface area contributed by atoms with E-state index in [4.69, 9.17) is 5.73 Å². The van der Waals surface area contributed by atoms with Crippen LogP contribution in [-0.2, 0) is 16.6 Å². The second kappa shape index (κ2) is 5.56. The highest BCUT2D eigenvalue weighted by Crippen LogP contribution is 2.21. The largest absolute Gasteiger partial charge is 0.398 e. The molecule has 7 heteroatoms. The fourth-order valence-corrected chi connectivity index (χ4v) is 2.81. The quantitative estimate of drug-likeness (QED) is 0.824. The molecule has 0 amide bonds. The van der Waals surface area contributed by atoms with E-state index >= 15 is 0 Å². The number of nitrogen functional groups attached to an aromatic ring is 1. The van der Waals surface area contributed by atoms with Crippen molar-refractivity contribution in [3.8, 4) is 0 Å². The maximum absolute atomic E-state index is 12.2. The van der Waals surface area contributed by atoms with Gasteiger partial charge >= 0.3 is 0 Å². The zero-order valence-electron chi connectivity index (χ0n) is 11.3. The Labute approximate surface area is 118 Å². The van der Waals surface area contributed by atoms with Gasteiger partial charge in [0.25, 0.3) is 0 Å². The fraction of sp³-hybridized carbons (Fsp3) is 0.231. The Balaban J connectivity index is 2.23. The summed E-state index contributed by atoms with van der Waals surface area (Å²) >= 11 is 0. The summed E-state index contributed by atoms with van der Waals surface area (Å²) in [5.74, 6) is 0. The van der Waals surface area contributed by atoms with E-state index in [9.17, 15) is 8.42 Å². The molecule has 0 atom stereocenters. The molecule has 0 spiro atoms. The van der Waals surface area contributed by atoms with Gasteiger partial charge in [-0.1, -0.05) is 0 Å². The highest BCUT2D eigenvalue weighted by atomic mass is 32.2. The zero-order chi connectivity index (χ0) is 14.8. The molecule has 2 aromatic rings. The predicted molar refractivity (Wildman–Crippen MR) is 76.4 cm³/mol. The summed E-state index contributed by atoms with van der Waals surface area (Å²) in [5.41, 5.74) is 8.55. The number of hydrogen-bond donors (Lipinski definition) is 2. The topological polar surface area (TPSA) is 98.0 Å². The molecular formula is C13H16N4O2S. The van der Waals surface area contributed by atoms with Crippen LogP contribution in [0.2, 0.25) is 0 Å². The highest BCUT2D eigenvalue weighted by molar-refractivity contribution is 7.89. The molecule has 0 radical (unpaired) electrons. The minimum Gasteiger partial charge on any atom is -0.398 e. The molecule has 0 aliphatic carbocycles. The first kappa shape index (κ1) is 14.4. The van der Waals surface area contributed by atoms with Crippen molar-refractivity contribution in [3.05, 3.63) is 47.3 Å². The lowest BCUT2D eigenvalue weighted by molar-refractivity contribution is 0.580. The number of sulfonamides is 1. The lowest BCUT2D eigenvalue weighted by atomic mass is 10.1. The lowest BCUT2D eigenvalue weighted by Gasteiger charge is -2.10. The SMILES string of the molecule is Cc1cc(S(=O)(=O)NCc2cccnn2)cc(N)c1C. The van der Waals surface area contributed by atoms with Gasteiger partial charge in [-0.2, -0.15) is 10.2 Å². The molecule has 3 N–H and O–H groups in total. The van der Waals surface area contributed by atoms with Gasteiger partial charge in [0.15, 0.2) is 0 Å². The Morgan fingerprint density at radius 2 is 2.05 bits per heavy atom. The van der Waals surface area contributed by atoms with E-state index in [0.717, 1.165) is 11.1 Å². The standard InChI is InChI=1S/C13H16N4O2S/c1-9-6-12(7-13(14)10(9)2)20(18,19)16-8-11-4-3-5-15-17-11/h3-7,16H,8,14H2,1-2H3. The van der Waals surface area contributed by atoms with Gasteiger partial charge in [0.2, 0.25) is 10.0 Å². The molecule has 0 unspecified atom stereocenters. The minimum absolute atomic E-state index is 0.0863. The third-order valence-electron chi connectivity index (χ3n) is 3.06. The van der Waals surface area contributed by atoms with Crippen LogP contribution >= 0.6 is 0 Å². The van der Waals surface area contributed by atoms with Gasteiger partial charge in [0, 0.05) is 11.9 Å². The van der Waals surface area contributed by atoms with Crippen LogP contribution in [0.25, 0.3) is 0 Å². The Bertz CT molecular complexity index is 691. The van der Waals surface area contributed by atoms with Crippen molar-refractivity contribution in [2.75, 3.05) is 5.73 Å². The van der Waals surface area contributed by atoms with Crippen LogP contribution in [0.3, 0.4) is 0 Å². The molecule has 1 heterocycles. The van der Waals surface area contributed by atoms with Crippen molar-refractivity contribution >= 4 is 15.7 Å². The Morgan fingerprint density at radius 3 is 2.65 bits per heavy atom. The third-order valence-corrected chi connectivity index (χ3v) is 4.44. The highest BCUT2D eigenvalue weighted by Gasteiger charge is 2.16. The number of nitrogens with two attached hydrogens (primary N) is 1. The second-order valence-corrected chi connectivity index (χ2v) is 6.26. The van der Waals surface area contributed by atoms with Crippen LogP contribution in [-0.4, -0.2) is 18.6 Å². The van der Waals surface area contributed by atoms with Crippen molar-refractivity contribution in [2.24, 2.45) is 0 Å². The molecule has 2 rings (SSSR count). The maximum atomic E-state index is 12.2. The molecule has 0 aliphatic rings. The van der Waals surface area contributed by atoms with E-state index < -0.39 is 10.0 Å². The molecule has 0 saturated carbocycles. The average Bonchev–Trinajstić information content (AvgIpc) is 2.43.